The molecule has 2 saturated heterocycles. The number of urea groups is 1. The molecule has 0 radical (unpaired) electrons. The smallest absolute Gasteiger partial charge is 0.315 e. The van der Waals surface area contributed by atoms with Crippen LogP contribution in [-0.4, -0.2) is 35.1 Å². The molecular weight excluding hydrogens is 322 g/mol. The van der Waals surface area contributed by atoms with E-state index in [0.717, 1.165) is 32.2 Å². The molecule has 142 valence electrons. The number of carbonyl (C=O) groups is 1. The largest absolute Gasteiger partial charge is 0.335 e. The van der Waals surface area contributed by atoms with E-state index in [9.17, 15) is 4.79 Å². The topological polar surface area (TPSA) is 44.4 Å². The van der Waals surface area contributed by atoms with Gasteiger partial charge in [-0.1, -0.05) is 56.0 Å². The van der Waals surface area contributed by atoms with Gasteiger partial charge in [-0.3, -0.25) is 4.90 Å². The van der Waals surface area contributed by atoms with Crippen molar-refractivity contribution >= 4 is 6.03 Å². The number of hydrogen-bond acceptors (Lipinski definition) is 2. The fourth-order valence-electron chi connectivity index (χ4n) is 5.31. The first-order valence-electron chi connectivity index (χ1n) is 10.6. The SMILES string of the molecule is O=C(NC1CCCCC1)NC1CC2CCCC(C1)N2Cc1ccccc1. The maximum Gasteiger partial charge on any atom is 0.315 e. The Bertz CT molecular complexity index is 570. The molecule has 0 spiro atoms. The van der Waals surface area contributed by atoms with Crippen molar-refractivity contribution in [1.82, 2.24) is 15.5 Å². The summed E-state index contributed by atoms with van der Waals surface area (Å²) in [5.41, 5.74) is 1.41. The minimum absolute atomic E-state index is 0.0662. The summed E-state index contributed by atoms with van der Waals surface area (Å²) in [6, 6.07) is 12.8. The second kappa shape index (κ2) is 8.43. The van der Waals surface area contributed by atoms with Crippen LogP contribution in [0.2, 0.25) is 0 Å². The number of carbonyl (C=O) groups excluding carboxylic acids is 1. The number of hydrogen-bond donors (Lipinski definition) is 2. The molecule has 3 fully saturated rings. The molecule has 2 amide bonds. The minimum Gasteiger partial charge on any atom is -0.335 e. The van der Waals surface area contributed by atoms with Crippen LogP contribution in [-0.2, 0) is 6.54 Å². The van der Waals surface area contributed by atoms with Crippen molar-refractivity contribution in [2.45, 2.75) is 94.9 Å². The summed E-state index contributed by atoms with van der Waals surface area (Å²) >= 11 is 0. The van der Waals surface area contributed by atoms with E-state index in [2.05, 4.69) is 45.9 Å². The Balaban J connectivity index is 1.31. The summed E-state index contributed by atoms with van der Waals surface area (Å²) in [4.78, 5) is 15.1. The highest BCUT2D eigenvalue weighted by atomic mass is 16.2. The van der Waals surface area contributed by atoms with Gasteiger partial charge in [-0.05, 0) is 44.1 Å². The van der Waals surface area contributed by atoms with Crippen molar-refractivity contribution in [3.63, 3.8) is 0 Å². The number of benzene rings is 1. The van der Waals surface area contributed by atoms with Crippen LogP contribution in [0.4, 0.5) is 4.79 Å². The third-order valence-electron chi connectivity index (χ3n) is 6.61. The maximum atomic E-state index is 12.4. The first kappa shape index (κ1) is 17.8. The van der Waals surface area contributed by atoms with Gasteiger partial charge < -0.3 is 10.6 Å². The summed E-state index contributed by atoms with van der Waals surface area (Å²) in [6.07, 6.45) is 12.2. The second-order valence-electron chi connectivity index (χ2n) is 8.52. The van der Waals surface area contributed by atoms with E-state index in [-0.39, 0.29) is 6.03 Å². The lowest BCUT2D eigenvalue weighted by Crippen LogP contribution is -2.58. The highest BCUT2D eigenvalue weighted by Crippen LogP contribution is 2.35. The first-order valence-corrected chi connectivity index (χ1v) is 10.6. The summed E-state index contributed by atoms with van der Waals surface area (Å²) in [5.74, 6) is 0. The Labute approximate surface area is 157 Å². The number of amides is 2. The van der Waals surface area contributed by atoms with Gasteiger partial charge in [0.2, 0.25) is 0 Å². The highest BCUT2D eigenvalue weighted by Gasteiger charge is 2.38. The van der Waals surface area contributed by atoms with E-state index >= 15 is 0 Å². The molecule has 3 aliphatic rings. The fourth-order valence-corrected chi connectivity index (χ4v) is 5.31. The van der Waals surface area contributed by atoms with Crippen LogP contribution in [0.1, 0.15) is 69.8 Å². The molecule has 2 aliphatic heterocycles. The minimum atomic E-state index is 0.0662. The number of nitrogens with zero attached hydrogens (tertiary/aromatic N) is 1. The van der Waals surface area contributed by atoms with E-state index in [4.69, 9.17) is 0 Å². The van der Waals surface area contributed by atoms with Gasteiger partial charge in [-0.25, -0.2) is 4.79 Å². The molecule has 26 heavy (non-hydrogen) atoms. The van der Waals surface area contributed by atoms with Crippen LogP contribution in [0, 0.1) is 0 Å². The molecule has 2 bridgehead atoms. The summed E-state index contributed by atoms with van der Waals surface area (Å²) in [7, 11) is 0. The first-order chi connectivity index (χ1) is 12.8. The van der Waals surface area contributed by atoms with Gasteiger partial charge in [-0.15, -0.1) is 0 Å². The zero-order valence-electron chi connectivity index (χ0n) is 15.8. The van der Waals surface area contributed by atoms with Gasteiger partial charge in [0.05, 0.1) is 0 Å². The average Bonchev–Trinajstić information content (AvgIpc) is 2.64. The second-order valence-corrected chi connectivity index (χ2v) is 8.52. The van der Waals surface area contributed by atoms with Crippen molar-refractivity contribution in [1.29, 1.82) is 0 Å². The third kappa shape index (κ3) is 4.40. The predicted molar refractivity (Wildman–Crippen MR) is 105 cm³/mol. The van der Waals surface area contributed by atoms with Gasteiger partial charge in [0.1, 0.15) is 0 Å². The Morgan fingerprint density at radius 1 is 0.846 bits per heavy atom. The zero-order valence-corrected chi connectivity index (χ0v) is 15.8. The number of piperidine rings is 2. The molecule has 1 aromatic rings. The number of fused-ring (bicyclic) bond motifs is 2. The number of nitrogens with one attached hydrogen (secondary N) is 2. The normalized spacial score (nSPS) is 29.9. The van der Waals surface area contributed by atoms with Crippen molar-refractivity contribution in [3.05, 3.63) is 35.9 Å². The molecule has 1 saturated carbocycles. The Hall–Kier alpha value is -1.55. The van der Waals surface area contributed by atoms with E-state index < -0.39 is 0 Å². The van der Waals surface area contributed by atoms with Crippen molar-refractivity contribution < 1.29 is 4.79 Å². The van der Waals surface area contributed by atoms with Gasteiger partial charge in [0.15, 0.2) is 0 Å². The van der Waals surface area contributed by atoms with Crippen molar-refractivity contribution in [3.8, 4) is 0 Å². The lowest BCUT2D eigenvalue weighted by atomic mass is 9.81. The molecule has 2 unspecified atom stereocenters. The summed E-state index contributed by atoms with van der Waals surface area (Å²) in [6.45, 7) is 1.05. The van der Waals surface area contributed by atoms with Gasteiger partial charge in [-0.2, -0.15) is 0 Å². The predicted octanol–water partition coefficient (Wildman–Crippen LogP) is 4.20. The molecule has 2 atom stereocenters. The van der Waals surface area contributed by atoms with Crippen LogP contribution < -0.4 is 10.6 Å². The lowest BCUT2D eigenvalue weighted by molar-refractivity contribution is 0.0196. The van der Waals surface area contributed by atoms with E-state index in [1.807, 2.05) is 0 Å². The average molecular weight is 356 g/mol. The zero-order chi connectivity index (χ0) is 17.8. The molecule has 2 N–H and O–H groups in total. The lowest BCUT2D eigenvalue weighted by Gasteiger charge is -2.49. The molecule has 4 nitrogen and oxygen atoms in total. The molecule has 4 heteroatoms. The van der Waals surface area contributed by atoms with Crippen LogP contribution in [0.25, 0.3) is 0 Å². The highest BCUT2D eigenvalue weighted by molar-refractivity contribution is 5.74. The molecule has 1 aromatic carbocycles. The van der Waals surface area contributed by atoms with Crippen molar-refractivity contribution in [2.75, 3.05) is 0 Å². The standard InChI is InChI=1S/C22H33N3O/c26-22(23-18-10-5-2-6-11-18)24-19-14-20-12-7-13-21(15-19)25(20)16-17-8-3-1-4-9-17/h1,3-4,8-9,18-21H,2,5-7,10-16H2,(H2,23,24,26). The van der Waals surface area contributed by atoms with Crippen LogP contribution in [0.5, 0.6) is 0 Å². The summed E-state index contributed by atoms with van der Waals surface area (Å²) in [5, 5.41) is 6.52. The Morgan fingerprint density at radius 3 is 2.19 bits per heavy atom. The third-order valence-corrected chi connectivity index (χ3v) is 6.61. The molecular formula is C22H33N3O. The van der Waals surface area contributed by atoms with Crippen molar-refractivity contribution in [2.24, 2.45) is 0 Å². The van der Waals surface area contributed by atoms with Gasteiger partial charge in [0, 0.05) is 30.7 Å². The maximum absolute atomic E-state index is 12.4. The van der Waals surface area contributed by atoms with Crippen LogP contribution >= 0.6 is 0 Å². The van der Waals surface area contributed by atoms with E-state index in [1.165, 1.54) is 44.1 Å². The van der Waals surface area contributed by atoms with Crippen LogP contribution in [0.3, 0.4) is 0 Å². The molecule has 0 aromatic heterocycles. The fraction of sp³-hybridized carbons (Fsp3) is 0.682. The Morgan fingerprint density at radius 2 is 1.50 bits per heavy atom. The van der Waals surface area contributed by atoms with Crippen LogP contribution in [0.15, 0.2) is 30.3 Å². The monoisotopic (exact) mass is 355 g/mol. The molecule has 2 heterocycles. The summed E-state index contributed by atoms with van der Waals surface area (Å²) < 4.78 is 0. The quantitative estimate of drug-likeness (QED) is 0.850. The Kier molecular flexibility index (Phi) is 5.78. The van der Waals surface area contributed by atoms with Gasteiger partial charge >= 0.3 is 6.03 Å². The number of rotatable bonds is 4. The van der Waals surface area contributed by atoms with E-state index in [0.29, 0.717) is 24.2 Å². The molecule has 4 rings (SSSR count). The van der Waals surface area contributed by atoms with E-state index in [1.54, 1.807) is 0 Å². The van der Waals surface area contributed by atoms with Gasteiger partial charge in [0.25, 0.3) is 0 Å². The molecule has 1 aliphatic carbocycles.